The molecular weight excluding hydrogens is 246 g/mol. The van der Waals surface area contributed by atoms with Crippen molar-refractivity contribution < 1.29 is 9.53 Å². The number of rotatable bonds is 3. The molecule has 1 fully saturated rings. The van der Waals surface area contributed by atoms with Gasteiger partial charge in [0.25, 0.3) is 5.91 Å². The molecule has 2 aromatic rings. The van der Waals surface area contributed by atoms with Gasteiger partial charge in [-0.2, -0.15) is 5.21 Å². The highest BCUT2D eigenvalue weighted by Crippen LogP contribution is 2.20. The van der Waals surface area contributed by atoms with Crippen molar-refractivity contribution in [3.05, 3.63) is 24.3 Å². The molecule has 7 heteroatoms. The second-order valence-electron chi connectivity index (χ2n) is 4.31. The molecule has 1 aromatic heterocycles. The van der Waals surface area contributed by atoms with Crippen LogP contribution < -0.4 is 5.32 Å². The maximum atomic E-state index is 11.9. The van der Waals surface area contributed by atoms with Crippen LogP contribution in [0.5, 0.6) is 0 Å². The van der Waals surface area contributed by atoms with Crippen molar-refractivity contribution in [1.29, 1.82) is 0 Å². The number of ether oxygens (including phenoxy) is 1. The second-order valence-corrected chi connectivity index (χ2v) is 4.31. The van der Waals surface area contributed by atoms with E-state index in [1.165, 1.54) is 0 Å². The van der Waals surface area contributed by atoms with Gasteiger partial charge in [-0.25, -0.2) is 0 Å². The SMILES string of the molecule is O=C(Nc1cccc(-c2nn[nH]n2)c1)[C@H]1CCCO1. The van der Waals surface area contributed by atoms with Gasteiger partial charge in [-0.3, -0.25) is 4.79 Å². The molecule has 0 aliphatic carbocycles. The van der Waals surface area contributed by atoms with E-state index < -0.39 is 0 Å². The van der Waals surface area contributed by atoms with Gasteiger partial charge in [0.2, 0.25) is 5.82 Å². The number of hydrogen-bond acceptors (Lipinski definition) is 5. The highest BCUT2D eigenvalue weighted by molar-refractivity contribution is 5.94. The number of carbonyl (C=O) groups excluding carboxylic acids is 1. The molecule has 0 unspecified atom stereocenters. The van der Waals surface area contributed by atoms with E-state index in [1.54, 1.807) is 6.07 Å². The fourth-order valence-corrected chi connectivity index (χ4v) is 2.03. The first-order valence-corrected chi connectivity index (χ1v) is 6.09. The molecule has 1 aliphatic heterocycles. The van der Waals surface area contributed by atoms with Crippen LogP contribution >= 0.6 is 0 Å². The van der Waals surface area contributed by atoms with Crippen molar-refractivity contribution in [2.45, 2.75) is 18.9 Å². The molecular formula is C12H13N5O2. The Kier molecular flexibility index (Phi) is 3.20. The van der Waals surface area contributed by atoms with Crippen LogP contribution in [-0.4, -0.2) is 39.2 Å². The fourth-order valence-electron chi connectivity index (χ4n) is 2.03. The Morgan fingerprint density at radius 3 is 3.16 bits per heavy atom. The van der Waals surface area contributed by atoms with Gasteiger partial charge in [0.15, 0.2) is 0 Å². The number of tetrazole rings is 1. The summed E-state index contributed by atoms with van der Waals surface area (Å²) in [5.74, 6) is 0.385. The predicted molar refractivity (Wildman–Crippen MR) is 67.2 cm³/mol. The van der Waals surface area contributed by atoms with Crippen LogP contribution in [0.25, 0.3) is 11.4 Å². The smallest absolute Gasteiger partial charge is 0.253 e. The molecule has 1 aromatic carbocycles. The molecule has 0 spiro atoms. The molecule has 0 bridgehead atoms. The number of nitrogens with zero attached hydrogens (tertiary/aromatic N) is 3. The Bertz CT molecular complexity index is 563. The third-order valence-electron chi connectivity index (χ3n) is 2.96. The standard InChI is InChI=1S/C12H13N5O2/c18-12(10-5-2-6-19-10)13-9-4-1-3-8(7-9)11-14-16-17-15-11/h1,3-4,7,10H,2,5-6H2,(H,13,18)(H,14,15,16,17)/t10-/m1/s1. The largest absolute Gasteiger partial charge is 0.368 e. The number of anilines is 1. The lowest BCUT2D eigenvalue weighted by Gasteiger charge is -2.10. The highest BCUT2D eigenvalue weighted by atomic mass is 16.5. The molecule has 3 rings (SSSR count). The number of aromatic amines is 1. The summed E-state index contributed by atoms with van der Waals surface area (Å²) in [6.07, 6.45) is 1.37. The minimum absolute atomic E-state index is 0.109. The number of amides is 1. The van der Waals surface area contributed by atoms with Crippen LogP contribution in [0, 0.1) is 0 Å². The summed E-state index contributed by atoms with van der Waals surface area (Å²) in [6.45, 7) is 0.654. The Labute approximate surface area is 109 Å². The molecule has 2 N–H and O–H groups in total. The number of nitrogens with one attached hydrogen (secondary N) is 2. The third kappa shape index (κ3) is 2.60. The van der Waals surface area contributed by atoms with E-state index in [-0.39, 0.29) is 12.0 Å². The fraction of sp³-hybridized carbons (Fsp3) is 0.333. The summed E-state index contributed by atoms with van der Waals surface area (Å²) < 4.78 is 5.34. The minimum atomic E-state index is -0.339. The molecule has 19 heavy (non-hydrogen) atoms. The maximum absolute atomic E-state index is 11.9. The lowest BCUT2D eigenvalue weighted by Crippen LogP contribution is -2.26. The zero-order valence-electron chi connectivity index (χ0n) is 10.2. The number of hydrogen-bond donors (Lipinski definition) is 2. The first kappa shape index (κ1) is 11.8. The summed E-state index contributed by atoms with van der Waals surface area (Å²) in [6, 6.07) is 7.30. The lowest BCUT2D eigenvalue weighted by atomic mass is 10.1. The Balaban J connectivity index is 1.74. The number of aromatic nitrogens is 4. The Hall–Kier alpha value is -2.28. The quantitative estimate of drug-likeness (QED) is 0.857. The number of benzene rings is 1. The van der Waals surface area contributed by atoms with Gasteiger partial charge in [0.05, 0.1) is 0 Å². The van der Waals surface area contributed by atoms with Crippen LogP contribution in [0.1, 0.15) is 12.8 Å². The molecule has 7 nitrogen and oxygen atoms in total. The van der Waals surface area contributed by atoms with Gasteiger partial charge in [0, 0.05) is 17.9 Å². The molecule has 0 saturated carbocycles. The Morgan fingerprint density at radius 1 is 1.47 bits per heavy atom. The molecule has 1 aliphatic rings. The van der Waals surface area contributed by atoms with E-state index in [2.05, 4.69) is 25.9 Å². The monoisotopic (exact) mass is 259 g/mol. The van der Waals surface area contributed by atoms with E-state index in [4.69, 9.17) is 4.74 Å². The first-order chi connectivity index (χ1) is 9.33. The van der Waals surface area contributed by atoms with Gasteiger partial charge in [-0.05, 0) is 30.2 Å². The van der Waals surface area contributed by atoms with Gasteiger partial charge in [-0.15, -0.1) is 10.2 Å². The average Bonchev–Trinajstić information content (AvgIpc) is 3.13. The molecule has 1 amide bonds. The zero-order valence-corrected chi connectivity index (χ0v) is 10.2. The minimum Gasteiger partial charge on any atom is -0.368 e. The first-order valence-electron chi connectivity index (χ1n) is 6.09. The molecule has 1 saturated heterocycles. The van der Waals surface area contributed by atoms with E-state index in [0.717, 1.165) is 18.4 Å². The molecule has 0 radical (unpaired) electrons. The number of H-pyrrole nitrogens is 1. The summed E-state index contributed by atoms with van der Waals surface area (Å²) in [4.78, 5) is 11.9. The van der Waals surface area contributed by atoms with Crippen molar-refractivity contribution in [2.24, 2.45) is 0 Å². The summed E-state index contributed by atoms with van der Waals surface area (Å²) in [5, 5.41) is 16.5. The highest BCUT2D eigenvalue weighted by Gasteiger charge is 2.23. The van der Waals surface area contributed by atoms with Crippen LogP contribution in [0.2, 0.25) is 0 Å². The van der Waals surface area contributed by atoms with E-state index in [9.17, 15) is 4.79 Å². The van der Waals surface area contributed by atoms with E-state index in [1.807, 2.05) is 18.2 Å². The van der Waals surface area contributed by atoms with Crippen molar-refractivity contribution in [1.82, 2.24) is 20.6 Å². The maximum Gasteiger partial charge on any atom is 0.253 e. The van der Waals surface area contributed by atoms with Crippen molar-refractivity contribution >= 4 is 11.6 Å². The van der Waals surface area contributed by atoms with Crippen LogP contribution in [0.15, 0.2) is 24.3 Å². The van der Waals surface area contributed by atoms with Crippen LogP contribution in [0.4, 0.5) is 5.69 Å². The van der Waals surface area contributed by atoms with Crippen molar-refractivity contribution in [3.63, 3.8) is 0 Å². The van der Waals surface area contributed by atoms with E-state index in [0.29, 0.717) is 18.1 Å². The number of carbonyl (C=O) groups is 1. The normalized spacial score (nSPS) is 18.4. The summed E-state index contributed by atoms with van der Waals surface area (Å²) >= 11 is 0. The zero-order chi connectivity index (χ0) is 13.1. The predicted octanol–water partition coefficient (Wildman–Crippen LogP) is 0.984. The second kappa shape index (κ2) is 5.15. The third-order valence-corrected chi connectivity index (χ3v) is 2.96. The van der Waals surface area contributed by atoms with Gasteiger partial charge in [0.1, 0.15) is 6.10 Å². The summed E-state index contributed by atoms with van der Waals surface area (Å²) in [7, 11) is 0. The van der Waals surface area contributed by atoms with Gasteiger partial charge in [-0.1, -0.05) is 12.1 Å². The Morgan fingerprint density at radius 2 is 2.42 bits per heavy atom. The van der Waals surface area contributed by atoms with Crippen molar-refractivity contribution in [3.8, 4) is 11.4 Å². The summed E-state index contributed by atoms with van der Waals surface area (Å²) in [5.41, 5.74) is 1.49. The van der Waals surface area contributed by atoms with Crippen LogP contribution in [-0.2, 0) is 9.53 Å². The molecule has 98 valence electrons. The van der Waals surface area contributed by atoms with Crippen LogP contribution in [0.3, 0.4) is 0 Å². The van der Waals surface area contributed by atoms with Crippen molar-refractivity contribution in [2.75, 3.05) is 11.9 Å². The molecule has 1 atom stereocenters. The average molecular weight is 259 g/mol. The van der Waals surface area contributed by atoms with Gasteiger partial charge >= 0.3 is 0 Å². The lowest BCUT2D eigenvalue weighted by molar-refractivity contribution is -0.124. The topological polar surface area (TPSA) is 92.8 Å². The van der Waals surface area contributed by atoms with E-state index >= 15 is 0 Å². The molecule has 2 heterocycles. The van der Waals surface area contributed by atoms with Gasteiger partial charge < -0.3 is 10.1 Å².